The Labute approximate surface area is 156 Å². The highest BCUT2D eigenvalue weighted by molar-refractivity contribution is 6.42. The highest BCUT2D eigenvalue weighted by Gasteiger charge is 2.30. The Balaban J connectivity index is 1.62. The minimum absolute atomic E-state index is 0.0292. The predicted molar refractivity (Wildman–Crippen MR) is 96.8 cm³/mol. The molecule has 1 aliphatic heterocycles. The smallest absolute Gasteiger partial charge is 0.254 e. The van der Waals surface area contributed by atoms with Crippen molar-refractivity contribution in [2.45, 2.75) is 38.8 Å². The summed E-state index contributed by atoms with van der Waals surface area (Å²) in [4.78, 5) is 16.4. The zero-order valence-corrected chi connectivity index (χ0v) is 15.5. The average molecular weight is 383 g/mol. The normalized spacial score (nSPS) is 16.1. The molecule has 134 valence electrons. The number of anilines is 1. The van der Waals surface area contributed by atoms with E-state index in [4.69, 9.17) is 27.7 Å². The van der Waals surface area contributed by atoms with Gasteiger partial charge in [-0.2, -0.15) is 0 Å². The van der Waals surface area contributed by atoms with Crippen LogP contribution in [0.5, 0.6) is 0 Å². The standard InChI is InChI=1S/C17H20Cl2N4O2/c1-2-16(24)23(17-10-20-21-25-17)13-5-7-22(8-6-13)11-12-3-4-14(18)15(19)9-12/h3-4,9-10,13H,2,5-8,11H2,1H3. The SMILES string of the molecule is CCC(=O)N(c1cnno1)C1CCN(Cc2ccc(Cl)c(Cl)c2)CC1. The molecule has 2 heterocycles. The molecule has 0 spiro atoms. The minimum Gasteiger partial charge on any atom is -0.318 e. The van der Waals surface area contributed by atoms with Crippen LogP contribution in [0.25, 0.3) is 0 Å². The summed E-state index contributed by atoms with van der Waals surface area (Å²) in [5.74, 6) is 0.455. The van der Waals surface area contributed by atoms with Gasteiger partial charge in [-0.25, -0.2) is 0 Å². The van der Waals surface area contributed by atoms with Gasteiger partial charge in [0.05, 0.1) is 10.0 Å². The van der Waals surface area contributed by atoms with Gasteiger partial charge in [-0.15, -0.1) is 5.10 Å². The summed E-state index contributed by atoms with van der Waals surface area (Å²) in [7, 11) is 0. The molecular formula is C17H20Cl2N4O2. The number of piperidine rings is 1. The molecule has 1 aliphatic rings. The van der Waals surface area contributed by atoms with Gasteiger partial charge in [-0.3, -0.25) is 14.6 Å². The summed E-state index contributed by atoms with van der Waals surface area (Å²) in [6.07, 6.45) is 3.65. The largest absolute Gasteiger partial charge is 0.318 e. The molecule has 8 heteroatoms. The van der Waals surface area contributed by atoms with Gasteiger partial charge in [0.15, 0.2) is 0 Å². The Morgan fingerprint density at radius 2 is 2.08 bits per heavy atom. The molecule has 3 rings (SSSR count). The van der Waals surface area contributed by atoms with Crippen molar-refractivity contribution in [1.29, 1.82) is 0 Å². The van der Waals surface area contributed by atoms with Crippen LogP contribution in [0.2, 0.25) is 10.0 Å². The maximum atomic E-state index is 12.3. The van der Waals surface area contributed by atoms with Crippen molar-refractivity contribution in [3.05, 3.63) is 40.0 Å². The van der Waals surface area contributed by atoms with E-state index in [1.54, 1.807) is 4.90 Å². The van der Waals surface area contributed by atoms with Crippen molar-refractivity contribution >= 4 is 35.0 Å². The zero-order valence-electron chi connectivity index (χ0n) is 14.0. The first-order chi connectivity index (χ1) is 12.1. The van der Waals surface area contributed by atoms with Gasteiger partial charge in [-0.05, 0) is 30.5 Å². The second-order valence-corrected chi connectivity index (χ2v) is 6.94. The summed E-state index contributed by atoms with van der Waals surface area (Å²) < 4.78 is 5.12. The van der Waals surface area contributed by atoms with Crippen molar-refractivity contribution in [3.63, 3.8) is 0 Å². The van der Waals surface area contributed by atoms with Gasteiger partial charge in [0.1, 0.15) is 6.20 Å². The Morgan fingerprint density at radius 1 is 1.32 bits per heavy atom. The minimum atomic E-state index is 0.0292. The lowest BCUT2D eigenvalue weighted by Gasteiger charge is -2.37. The number of benzene rings is 1. The average Bonchev–Trinajstić information content (AvgIpc) is 3.14. The van der Waals surface area contributed by atoms with E-state index in [1.807, 2.05) is 25.1 Å². The van der Waals surface area contributed by atoms with Crippen LogP contribution in [0.1, 0.15) is 31.7 Å². The summed E-state index contributed by atoms with van der Waals surface area (Å²) in [6, 6.07) is 5.83. The Kier molecular flexibility index (Phi) is 5.93. The maximum Gasteiger partial charge on any atom is 0.254 e. The molecule has 0 atom stereocenters. The molecule has 0 N–H and O–H groups in total. The van der Waals surface area contributed by atoms with E-state index in [9.17, 15) is 4.79 Å². The van der Waals surface area contributed by atoms with Crippen molar-refractivity contribution < 1.29 is 9.32 Å². The number of carbonyl (C=O) groups excluding carboxylic acids is 1. The van der Waals surface area contributed by atoms with E-state index >= 15 is 0 Å². The molecule has 0 unspecified atom stereocenters. The van der Waals surface area contributed by atoms with Crippen LogP contribution in [0.15, 0.2) is 28.9 Å². The molecule has 0 radical (unpaired) electrons. The van der Waals surface area contributed by atoms with Crippen LogP contribution in [0, 0.1) is 0 Å². The first-order valence-electron chi connectivity index (χ1n) is 8.34. The fourth-order valence-electron chi connectivity index (χ4n) is 3.18. The number of amides is 1. The molecule has 0 aliphatic carbocycles. The fraction of sp³-hybridized carbons (Fsp3) is 0.471. The Bertz CT molecular complexity index is 715. The molecule has 6 nitrogen and oxygen atoms in total. The van der Waals surface area contributed by atoms with Crippen LogP contribution < -0.4 is 4.90 Å². The van der Waals surface area contributed by atoms with Gasteiger partial charge in [-0.1, -0.05) is 36.2 Å². The van der Waals surface area contributed by atoms with E-state index in [-0.39, 0.29) is 11.9 Å². The van der Waals surface area contributed by atoms with Gasteiger partial charge in [0.25, 0.3) is 5.88 Å². The Morgan fingerprint density at radius 3 is 2.68 bits per heavy atom. The lowest BCUT2D eigenvalue weighted by molar-refractivity contribution is -0.119. The highest BCUT2D eigenvalue weighted by Crippen LogP contribution is 2.26. The lowest BCUT2D eigenvalue weighted by atomic mass is 10.0. The monoisotopic (exact) mass is 382 g/mol. The molecule has 1 fully saturated rings. The third-order valence-electron chi connectivity index (χ3n) is 4.47. The molecule has 1 aromatic heterocycles. The number of hydrogen-bond donors (Lipinski definition) is 0. The highest BCUT2D eigenvalue weighted by atomic mass is 35.5. The van der Waals surface area contributed by atoms with Gasteiger partial charge in [0.2, 0.25) is 5.91 Å². The van der Waals surface area contributed by atoms with E-state index in [0.717, 1.165) is 38.0 Å². The molecular weight excluding hydrogens is 363 g/mol. The molecule has 1 saturated heterocycles. The van der Waals surface area contributed by atoms with E-state index in [1.165, 1.54) is 6.20 Å². The van der Waals surface area contributed by atoms with Gasteiger partial charge < -0.3 is 4.52 Å². The van der Waals surface area contributed by atoms with E-state index in [2.05, 4.69) is 15.3 Å². The third kappa shape index (κ3) is 4.32. The second-order valence-electron chi connectivity index (χ2n) is 6.13. The Hall–Kier alpha value is -1.63. The number of halogens is 2. The van der Waals surface area contributed by atoms with Crippen LogP contribution in [-0.4, -0.2) is 40.3 Å². The van der Waals surface area contributed by atoms with Gasteiger partial charge >= 0.3 is 0 Å². The lowest BCUT2D eigenvalue weighted by Crippen LogP contribution is -2.47. The van der Waals surface area contributed by atoms with Crippen LogP contribution in [0.4, 0.5) is 5.88 Å². The maximum absolute atomic E-state index is 12.3. The number of rotatable bonds is 5. The van der Waals surface area contributed by atoms with Gasteiger partial charge in [0, 0.05) is 37.4 Å². The zero-order chi connectivity index (χ0) is 17.8. The quantitative estimate of drug-likeness (QED) is 0.786. The van der Waals surface area contributed by atoms with Crippen molar-refractivity contribution in [2.24, 2.45) is 0 Å². The summed E-state index contributed by atoms with van der Waals surface area (Å²) in [6.45, 7) is 4.44. The molecule has 1 aromatic carbocycles. The summed E-state index contributed by atoms with van der Waals surface area (Å²) in [5, 5.41) is 8.33. The molecule has 1 amide bonds. The van der Waals surface area contributed by atoms with Crippen molar-refractivity contribution in [1.82, 2.24) is 15.3 Å². The molecule has 0 bridgehead atoms. The van der Waals surface area contributed by atoms with Crippen LogP contribution in [-0.2, 0) is 11.3 Å². The summed E-state index contributed by atoms with van der Waals surface area (Å²) >= 11 is 12.1. The van der Waals surface area contributed by atoms with Crippen molar-refractivity contribution in [2.75, 3.05) is 18.0 Å². The van der Waals surface area contributed by atoms with E-state index in [0.29, 0.717) is 22.4 Å². The first-order valence-corrected chi connectivity index (χ1v) is 9.09. The number of likely N-dealkylation sites (tertiary alicyclic amines) is 1. The molecule has 25 heavy (non-hydrogen) atoms. The van der Waals surface area contributed by atoms with Crippen LogP contribution >= 0.6 is 23.2 Å². The number of nitrogens with zero attached hydrogens (tertiary/aromatic N) is 4. The van der Waals surface area contributed by atoms with Crippen molar-refractivity contribution in [3.8, 4) is 0 Å². The molecule has 0 saturated carbocycles. The second kappa shape index (κ2) is 8.17. The molecule has 2 aromatic rings. The number of carbonyl (C=O) groups is 1. The van der Waals surface area contributed by atoms with E-state index < -0.39 is 0 Å². The topological polar surface area (TPSA) is 62.5 Å². The fourth-order valence-corrected chi connectivity index (χ4v) is 3.50. The summed E-state index contributed by atoms with van der Waals surface area (Å²) in [5.41, 5.74) is 1.13. The number of hydrogen-bond acceptors (Lipinski definition) is 5. The third-order valence-corrected chi connectivity index (χ3v) is 5.21. The predicted octanol–water partition coefficient (Wildman–Crippen LogP) is 3.78. The first kappa shape index (κ1) is 18.2. The number of aromatic nitrogens is 2. The van der Waals surface area contributed by atoms with Crippen LogP contribution in [0.3, 0.4) is 0 Å².